The van der Waals surface area contributed by atoms with Crippen molar-refractivity contribution < 1.29 is 23.1 Å². The Kier molecular flexibility index (Phi) is 5.41. The molecule has 0 bridgehead atoms. The summed E-state index contributed by atoms with van der Waals surface area (Å²) in [5, 5.41) is 0. The molecule has 104 valence electrons. The maximum absolute atomic E-state index is 13.4. The zero-order chi connectivity index (χ0) is 14.4. The molecule has 6 heteroatoms. The Morgan fingerprint density at radius 2 is 2.00 bits per heavy atom. The standard InChI is InChI=1S/C13H15F2NO3/c1-3-19-12(17)6-7-16(2)13(18)10-5-4-9(14)8-11(10)15/h4-5,8H,3,6-7H2,1-2H3. The smallest absolute Gasteiger partial charge is 0.307 e. The highest BCUT2D eigenvalue weighted by Crippen LogP contribution is 2.11. The molecular weight excluding hydrogens is 256 g/mol. The van der Waals surface area contributed by atoms with Crippen molar-refractivity contribution in [3.8, 4) is 0 Å². The molecule has 1 aromatic rings. The zero-order valence-electron chi connectivity index (χ0n) is 10.8. The first-order valence-electron chi connectivity index (χ1n) is 5.81. The van der Waals surface area contributed by atoms with Crippen LogP contribution in [-0.2, 0) is 9.53 Å². The Morgan fingerprint density at radius 3 is 2.58 bits per heavy atom. The second kappa shape index (κ2) is 6.82. The van der Waals surface area contributed by atoms with Crippen LogP contribution in [-0.4, -0.2) is 37.0 Å². The Morgan fingerprint density at radius 1 is 1.32 bits per heavy atom. The molecule has 0 aromatic heterocycles. The van der Waals surface area contributed by atoms with Crippen molar-refractivity contribution in [3.63, 3.8) is 0 Å². The van der Waals surface area contributed by atoms with E-state index in [1.54, 1.807) is 6.92 Å². The lowest BCUT2D eigenvalue weighted by atomic mass is 10.2. The first kappa shape index (κ1) is 15.1. The summed E-state index contributed by atoms with van der Waals surface area (Å²) in [6.45, 7) is 2.05. The monoisotopic (exact) mass is 271 g/mol. The molecule has 4 nitrogen and oxygen atoms in total. The van der Waals surface area contributed by atoms with Gasteiger partial charge < -0.3 is 9.64 Å². The first-order chi connectivity index (χ1) is 8.95. The van der Waals surface area contributed by atoms with Gasteiger partial charge in [-0.25, -0.2) is 8.78 Å². The summed E-state index contributed by atoms with van der Waals surface area (Å²) < 4.78 is 30.8. The van der Waals surface area contributed by atoms with Crippen LogP contribution in [0.4, 0.5) is 8.78 Å². The molecule has 19 heavy (non-hydrogen) atoms. The van der Waals surface area contributed by atoms with Crippen LogP contribution < -0.4 is 0 Å². The van der Waals surface area contributed by atoms with E-state index < -0.39 is 23.5 Å². The molecule has 0 radical (unpaired) electrons. The highest BCUT2D eigenvalue weighted by Gasteiger charge is 2.17. The van der Waals surface area contributed by atoms with E-state index in [1.807, 2.05) is 0 Å². The van der Waals surface area contributed by atoms with E-state index in [0.29, 0.717) is 6.07 Å². The van der Waals surface area contributed by atoms with Crippen molar-refractivity contribution in [2.45, 2.75) is 13.3 Å². The third-order valence-electron chi connectivity index (χ3n) is 2.46. The van der Waals surface area contributed by atoms with Crippen molar-refractivity contribution in [1.82, 2.24) is 4.90 Å². The number of rotatable bonds is 5. The topological polar surface area (TPSA) is 46.6 Å². The van der Waals surface area contributed by atoms with E-state index in [9.17, 15) is 18.4 Å². The summed E-state index contributed by atoms with van der Waals surface area (Å²) >= 11 is 0. The van der Waals surface area contributed by atoms with Crippen LogP contribution in [0.25, 0.3) is 0 Å². The highest BCUT2D eigenvalue weighted by atomic mass is 19.1. The van der Waals surface area contributed by atoms with Gasteiger partial charge >= 0.3 is 5.97 Å². The largest absolute Gasteiger partial charge is 0.466 e. The summed E-state index contributed by atoms with van der Waals surface area (Å²) in [5.41, 5.74) is -0.229. The van der Waals surface area contributed by atoms with E-state index >= 15 is 0 Å². The molecular formula is C13H15F2NO3. The molecule has 0 unspecified atom stereocenters. The fourth-order valence-corrected chi connectivity index (χ4v) is 1.46. The SMILES string of the molecule is CCOC(=O)CCN(C)C(=O)c1ccc(F)cc1F. The van der Waals surface area contributed by atoms with Gasteiger partial charge in [0.2, 0.25) is 0 Å². The van der Waals surface area contributed by atoms with Crippen LogP contribution in [0, 0.1) is 11.6 Å². The molecule has 0 aliphatic carbocycles. The molecule has 0 saturated carbocycles. The van der Waals surface area contributed by atoms with Gasteiger partial charge in [-0.3, -0.25) is 9.59 Å². The minimum Gasteiger partial charge on any atom is -0.466 e. The summed E-state index contributed by atoms with van der Waals surface area (Å²) in [4.78, 5) is 24.2. The molecule has 0 aliphatic heterocycles. The molecule has 1 aromatic carbocycles. The van der Waals surface area contributed by atoms with E-state index in [1.165, 1.54) is 11.9 Å². The van der Waals surface area contributed by atoms with Gasteiger partial charge in [-0.1, -0.05) is 0 Å². The third-order valence-corrected chi connectivity index (χ3v) is 2.46. The van der Waals surface area contributed by atoms with Crippen LogP contribution in [0.2, 0.25) is 0 Å². The van der Waals surface area contributed by atoms with Crippen LogP contribution in [0.1, 0.15) is 23.7 Å². The van der Waals surface area contributed by atoms with Crippen molar-refractivity contribution in [1.29, 1.82) is 0 Å². The lowest BCUT2D eigenvalue weighted by molar-refractivity contribution is -0.143. The maximum Gasteiger partial charge on any atom is 0.307 e. The van der Waals surface area contributed by atoms with Gasteiger partial charge in [-0.2, -0.15) is 0 Å². The van der Waals surface area contributed by atoms with Gasteiger partial charge in [-0.15, -0.1) is 0 Å². The molecule has 0 heterocycles. The van der Waals surface area contributed by atoms with Gasteiger partial charge in [0.05, 0.1) is 18.6 Å². The number of carbonyl (C=O) groups is 2. The minimum absolute atomic E-state index is 0.0267. The number of amides is 1. The average molecular weight is 271 g/mol. The Balaban J connectivity index is 2.64. The van der Waals surface area contributed by atoms with Crippen molar-refractivity contribution in [2.24, 2.45) is 0 Å². The van der Waals surface area contributed by atoms with Crippen LogP contribution in [0.5, 0.6) is 0 Å². The molecule has 1 rings (SSSR count). The second-order valence-electron chi connectivity index (χ2n) is 3.91. The van der Waals surface area contributed by atoms with E-state index in [4.69, 9.17) is 4.74 Å². The maximum atomic E-state index is 13.4. The number of halogens is 2. The fraction of sp³-hybridized carbons (Fsp3) is 0.385. The first-order valence-corrected chi connectivity index (χ1v) is 5.81. The molecule has 1 amide bonds. The van der Waals surface area contributed by atoms with E-state index in [2.05, 4.69) is 0 Å². The van der Waals surface area contributed by atoms with E-state index in [0.717, 1.165) is 12.1 Å². The van der Waals surface area contributed by atoms with Crippen molar-refractivity contribution in [2.75, 3.05) is 20.2 Å². The van der Waals surface area contributed by atoms with Crippen LogP contribution in [0.15, 0.2) is 18.2 Å². The predicted molar refractivity (Wildman–Crippen MR) is 64.6 cm³/mol. The Labute approximate surface area is 110 Å². The summed E-state index contributed by atoms with van der Waals surface area (Å²) in [7, 11) is 1.43. The molecule has 0 atom stereocenters. The van der Waals surface area contributed by atoms with Gasteiger partial charge in [0.25, 0.3) is 5.91 Å². The van der Waals surface area contributed by atoms with Gasteiger partial charge in [0.15, 0.2) is 0 Å². The molecule has 0 aliphatic rings. The lowest BCUT2D eigenvalue weighted by Gasteiger charge is -2.17. The number of ether oxygens (including phenoxy) is 1. The van der Waals surface area contributed by atoms with Crippen molar-refractivity contribution >= 4 is 11.9 Å². The highest BCUT2D eigenvalue weighted by molar-refractivity contribution is 5.94. The third kappa shape index (κ3) is 4.31. The van der Waals surface area contributed by atoms with Gasteiger partial charge in [0.1, 0.15) is 11.6 Å². The van der Waals surface area contributed by atoms with E-state index in [-0.39, 0.29) is 25.1 Å². The molecule has 0 N–H and O–H groups in total. The van der Waals surface area contributed by atoms with Crippen LogP contribution >= 0.6 is 0 Å². The number of carbonyl (C=O) groups excluding carboxylic acids is 2. The minimum atomic E-state index is -0.923. The summed E-state index contributed by atoms with van der Waals surface area (Å²) in [5.74, 6) is -2.71. The molecule has 0 saturated heterocycles. The van der Waals surface area contributed by atoms with Gasteiger partial charge in [-0.05, 0) is 19.1 Å². The fourth-order valence-electron chi connectivity index (χ4n) is 1.46. The average Bonchev–Trinajstić information content (AvgIpc) is 2.35. The summed E-state index contributed by atoms with van der Waals surface area (Å²) in [6.07, 6.45) is 0.0267. The Hall–Kier alpha value is -1.98. The van der Waals surface area contributed by atoms with Gasteiger partial charge in [0, 0.05) is 19.7 Å². The predicted octanol–water partition coefficient (Wildman–Crippen LogP) is 1.99. The summed E-state index contributed by atoms with van der Waals surface area (Å²) in [6, 6.07) is 2.73. The lowest BCUT2D eigenvalue weighted by Crippen LogP contribution is -2.30. The number of hydrogen-bond donors (Lipinski definition) is 0. The number of benzene rings is 1. The number of hydrogen-bond acceptors (Lipinski definition) is 3. The quantitative estimate of drug-likeness (QED) is 0.769. The molecule has 0 fully saturated rings. The second-order valence-corrected chi connectivity index (χ2v) is 3.91. The van der Waals surface area contributed by atoms with Crippen LogP contribution in [0.3, 0.4) is 0 Å². The number of esters is 1. The zero-order valence-corrected chi connectivity index (χ0v) is 10.8. The van der Waals surface area contributed by atoms with Crippen molar-refractivity contribution in [3.05, 3.63) is 35.4 Å². The Bertz CT molecular complexity index is 477. The normalized spacial score (nSPS) is 10.1. The molecule has 0 spiro atoms. The number of nitrogens with zero attached hydrogens (tertiary/aromatic N) is 1.